The van der Waals surface area contributed by atoms with Crippen molar-refractivity contribution in [3.8, 4) is 5.75 Å². The molecule has 0 spiro atoms. The van der Waals surface area contributed by atoms with Crippen molar-refractivity contribution in [1.82, 2.24) is 4.90 Å². The van der Waals surface area contributed by atoms with Gasteiger partial charge in [-0.1, -0.05) is 120 Å². The predicted molar refractivity (Wildman–Crippen MR) is 168 cm³/mol. The number of rotatable bonds is 11. The first-order chi connectivity index (χ1) is 18.7. The fourth-order valence-corrected chi connectivity index (χ4v) is 12.0. The van der Waals surface area contributed by atoms with Crippen LogP contribution in [0.5, 0.6) is 5.75 Å². The maximum Gasteiger partial charge on any atom is 0.201 e. The zero-order chi connectivity index (χ0) is 28.0. The van der Waals surface area contributed by atoms with Crippen LogP contribution in [0.25, 0.3) is 5.57 Å². The maximum absolute atomic E-state index is 7.48. The highest BCUT2D eigenvalue weighted by atomic mass is 28.4. The molecule has 3 aromatic rings. The Hall–Kier alpha value is -2.66. The molecule has 2 atom stereocenters. The van der Waals surface area contributed by atoms with Gasteiger partial charge >= 0.3 is 0 Å². The van der Waals surface area contributed by atoms with Crippen molar-refractivity contribution in [2.75, 3.05) is 13.1 Å². The van der Waals surface area contributed by atoms with E-state index in [1.54, 1.807) is 0 Å². The average molecular weight is 542 g/mol. The standard InChI is InChI=1S/C35H47NO2Si/c1-26(2)39(27(3)4,28(5)6)38-35-24-36(29(7)31-16-12-9-13-17-31)23-22-34(35)32-18-20-33(21-19-32)37-25-30-14-10-8-11-15-30/h8-22,26-29,35H,23-25H2,1-7H3/t29-,35-/m1/s1. The molecular formula is C35H47NO2Si. The third kappa shape index (κ3) is 6.74. The Bertz CT molecular complexity index is 1170. The summed E-state index contributed by atoms with van der Waals surface area (Å²) in [7, 11) is -2.09. The molecule has 3 aromatic carbocycles. The summed E-state index contributed by atoms with van der Waals surface area (Å²) in [5, 5.41) is 0. The topological polar surface area (TPSA) is 21.7 Å². The number of benzene rings is 3. The predicted octanol–water partition coefficient (Wildman–Crippen LogP) is 9.29. The molecule has 1 aliphatic rings. The Morgan fingerprint density at radius 2 is 1.31 bits per heavy atom. The summed E-state index contributed by atoms with van der Waals surface area (Å²) in [6, 6.07) is 30.1. The van der Waals surface area contributed by atoms with Crippen molar-refractivity contribution in [3.63, 3.8) is 0 Å². The summed E-state index contributed by atoms with van der Waals surface area (Å²) in [6.07, 6.45) is 2.45. The van der Waals surface area contributed by atoms with Crippen LogP contribution < -0.4 is 4.74 Å². The van der Waals surface area contributed by atoms with Gasteiger partial charge in [0, 0.05) is 19.1 Å². The molecule has 4 rings (SSSR count). The van der Waals surface area contributed by atoms with Crippen LogP contribution >= 0.6 is 0 Å². The maximum atomic E-state index is 7.48. The molecule has 0 saturated carbocycles. The van der Waals surface area contributed by atoms with Gasteiger partial charge < -0.3 is 9.16 Å². The lowest BCUT2D eigenvalue weighted by Gasteiger charge is -2.47. The first-order valence-electron chi connectivity index (χ1n) is 14.7. The lowest BCUT2D eigenvalue weighted by molar-refractivity contribution is 0.127. The molecular weight excluding hydrogens is 494 g/mol. The van der Waals surface area contributed by atoms with Crippen molar-refractivity contribution < 1.29 is 9.16 Å². The third-order valence-electron chi connectivity index (χ3n) is 8.61. The van der Waals surface area contributed by atoms with Gasteiger partial charge in [-0.2, -0.15) is 0 Å². The molecule has 3 nitrogen and oxygen atoms in total. The molecule has 39 heavy (non-hydrogen) atoms. The van der Waals surface area contributed by atoms with Crippen molar-refractivity contribution in [3.05, 3.63) is 108 Å². The van der Waals surface area contributed by atoms with Gasteiger partial charge in [-0.15, -0.1) is 0 Å². The fraction of sp³-hybridized carbons (Fsp3) is 0.429. The smallest absolute Gasteiger partial charge is 0.201 e. The summed E-state index contributed by atoms with van der Waals surface area (Å²) in [4.78, 5) is 2.57. The second-order valence-electron chi connectivity index (χ2n) is 11.9. The second-order valence-corrected chi connectivity index (χ2v) is 17.3. The summed E-state index contributed by atoms with van der Waals surface area (Å²) in [5.74, 6) is 0.895. The van der Waals surface area contributed by atoms with E-state index in [1.807, 2.05) is 18.2 Å². The van der Waals surface area contributed by atoms with E-state index in [9.17, 15) is 0 Å². The third-order valence-corrected chi connectivity index (χ3v) is 14.7. The minimum atomic E-state index is -2.09. The van der Waals surface area contributed by atoms with Gasteiger partial charge in [0.1, 0.15) is 12.4 Å². The highest BCUT2D eigenvalue weighted by molar-refractivity contribution is 6.77. The van der Waals surface area contributed by atoms with Crippen molar-refractivity contribution in [2.24, 2.45) is 0 Å². The van der Waals surface area contributed by atoms with Crippen LogP contribution in [-0.4, -0.2) is 32.4 Å². The summed E-state index contributed by atoms with van der Waals surface area (Å²) in [5.41, 5.74) is 6.69. The van der Waals surface area contributed by atoms with Crippen LogP contribution in [0.15, 0.2) is 91.0 Å². The lowest BCUT2D eigenvalue weighted by atomic mass is 9.95. The molecule has 0 radical (unpaired) electrons. The van der Waals surface area contributed by atoms with Gasteiger partial charge in [-0.05, 0) is 57.9 Å². The minimum absolute atomic E-state index is 0.0415. The van der Waals surface area contributed by atoms with E-state index >= 15 is 0 Å². The Balaban J connectivity index is 1.61. The highest BCUT2D eigenvalue weighted by Crippen LogP contribution is 2.45. The van der Waals surface area contributed by atoms with E-state index in [2.05, 4.69) is 126 Å². The molecule has 0 amide bonds. The first kappa shape index (κ1) is 29.3. The van der Waals surface area contributed by atoms with Gasteiger partial charge in [-0.3, -0.25) is 4.90 Å². The van der Waals surface area contributed by atoms with Gasteiger partial charge in [0.2, 0.25) is 8.32 Å². The van der Waals surface area contributed by atoms with Crippen LogP contribution in [0.3, 0.4) is 0 Å². The lowest BCUT2D eigenvalue weighted by Crippen LogP contribution is -2.53. The normalized spacial score (nSPS) is 17.5. The molecule has 0 aliphatic carbocycles. The van der Waals surface area contributed by atoms with Gasteiger partial charge in [0.25, 0.3) is 0 Å². The average Bonchev–Trinajstić information content (AvgIpc) is 2.95. The molecule has 0 N–H and O–H groups in total. The molecule has 0 aromatic heterocycles. The summed E-state index contributed by atoms with van der Waals surface area (Å²) < 4.78 is 13.6. The largest absolute Gasteiger partial charge is 0.489 e. The van der Waals surface area contributed by atoms with E-state index in [4.69, 9.17) is 9.16 Å². The van der Waals surface area contributed by atoms with E-state index in [0.717, 1.165) is 18.8 Å². The Labute approximate surface area is 238 Å². The van der Waals surface area contributed by atoms with E-state index in [-0.39, 0.29) is 6.10 Å². The van der Waals surface area contributed by atoms with Crippen LogP contribution in [0.1, 0.15) is 71.2 Å². The van der Waals surface area contributed by atoms with Crippen molar-refractivity contribution >= 4 is 13.9 Å². The van der Waals surface area contributed by atoms with Crippen molar-refractivity contribution in [2.45, 2.75) is 83.8 Å². The van der Waals surface area contributed by atoms with Gasteiger partial charge in [0.15, 0.2) is 0 Å². The Kier molecular flexibility index (Phi) is 9.87. The van der Waals surface area contributed by atoms with Gasteiger partial charge in [-0.25, -0.2) is 0 Å². The second kappa shape index (κ2) is 13.1. The van der Waals surface area contributed by atoms with Crippen LogP contribution in [-0.2, 0) is 11.0 Å². The molecule has 1 aliphatic heterocycles. The minimum Gasteiger partial charge on any atom is -0.489 e. The molecule has 0 saturated heterocycles. The zero-order valence-corrected chi connectivity index (χ0v) is 25.9. The first-order valence-corrected chi connectivity index (χ1v) is 16.8. The fourth-order valence-electron chi connectivity index (χ4n) is 6.54. The van der Waals surface area contributed by atoms with E-state index in [0.29, 0.717) is 29.3 Å². The molecule has 208 valence electrons. The molecule has 1 heterocycles. The Morgan fingerprint density at radius 1 is 0.744 bits per heavy atom. The van der Waals surface area contributed by atoms with Crippen LogP contribution in [0.4, 0.5) is 0 Å². The number of ether oxygens (including phenoxy) is 1. The quantitative estimate of drug-likeness (QED) is 0.226. The van der Waals surface area contributed by atoms with E-state index < -0.39 is 8.32 Å². The monoisotopic (exact) mass is 541 g/mol. The van der Waals surface area contributed by atoms with Gasteiger partial charge in [0.05, 0.1) is 6.10 Å². The SMILES string of the molecule is CC(C)[Si](O[C@@H]1CN([C@H](C)c2ccccc2)CC=C1c1ccc(OCc2ccccc2)cc1)(C(C)C)C(C)C. The van der Waals surface area contributed by atoms with Crippen LogP contribution in [0.2, 0.25) is 16.6 Å². The Morgan fingerprint density at radius 3 is 1.87 bits per heavy atom. The number of hydrogen-bond acceptors (Lipinski definition) is 3. The molecule has 0 fully saturated rings. The van der Waals surface area contributed by atoms with Crippen molar-refractivity contribution in [1.29, 1.82) is 0 Å². The molecule has 0 unspecified atom stereocenters. The summed E-state index contributed by atoms with van der Waals surface area (Å²) >= 11 is 0. The zero-order valence-electron chi connectivity index (χ0n) is 24.9. The summed E-state index contributed by atoms with van der Waals surface area (Å²) in [6.45, 7) is 19.0. The number of nitrogens with zero attached hydrogens (tertiary/aromatic N) is 1. The van der Waals surface area contributed by atoms with Crippen LogP contribution in [0, 0.1) is 0 Å². The molecule has 4 heteroatoms. The van der Waals surface area contributed by atoms with E-state index in [1.165, 1.54) is 22.3 Å². The highest BCUT2D eigenvalue weighted by Gasteiger charge is 2.47. The number of hydrogen-bond donors (Lipinski definition) is 0. The molecule has 0 bridgehead atoms.